The van der Waals surface area contributed by atoms with E-state index < -0.39 is 5.97 Å². The number of aryl methyl sites for hydroxylation is 2. The molecule has 2 aromatic rings. The largest absolute Gasteiger partial charge is 0.481 e. The number of benzene rings is 1. The molecule has 110 valence electrons. The number of carboxylic acid groups (broad SMARTS) is 1. The van der Waals surface area contributed by atoms with E-state index in [1.165, 1.54) is 0 Å². The van der Waals surface area contributed by atoms with E-state index in [9.17, 15) is 9.59 Å². The predicted octanol–water partition coefficient (Wildman–Crippen LogP) is 2.45. The van der Waals surface area contributed by atoms with Crippen LogP contribution in [0.5, 0.6) is 0 Å². The lowest BCUT2D eigenvalue weighted by Gasteiger charge is -2.05. The maximum Gasteiger partial charge on any atom is 0.307 e. The SMILES string of the molecule is Cc1cc(C(=O)NCc2ccc(CC(=O)O)cc2)c(C)o1. The normalized spacial score (nSPS) is 10.4. The number of amides is 1. The van der Waals surface area contributed by atoms with Crippen LogP contribution < -0.4 is 5.32 Å². The molecule has 0 saturated heterocycles. The van der Waals surface area contributed by atoms with Crippen molar-refractivity contribution in [2.24, 2.45) is 0 Å². The van der Waals surface area contributed by atoms with E-state index in [-0.39, 0.29) is 12.3 Å². The van der Waals surface area contributed by atoms with Gasteiger partial charge in [0.25, 0.3) is 5.91 Å². The van der Waals surface area contributed by atoms with Crippen LogP contribution in [-0.2, 0) is 17.8 Å². The van der Waals surface area contributed by atoms with Crippen LogP contribution in [0.1, 0.15) is 33.0 Å². The summed E-state index contributed by atoms with van der Waals surface area (Å²) in [5, 5.41) is 11.5. The summed E-state index contributed by atoms with van der Waals surface area (Å²) in [5.74, 6) is 0.262. The van der Waals surface area contributed by atoms with E-state index in [0.717, 1.165) is 11.1 Å². The Bertz CT molecular complexity index is 655. The van der Waals surface area contributed by atoms with Crippen molar-refractivity contribution in [1.82, 2.24) is 5.32 Å². The van der Waals surface area contributed by atoms with Crippen molar-refractivity contribution in [1.29, 1.82) is 0 Å². The molecule has 0 spiro atoms. The molecule has 0 aliphatic rings. The van der Waals surface area contributed by atoms with E-state index in [1.807, 2.05) is 12.1 Å². The molecule has 5 nitrogen and oxygen atoms in total. The average molecular weight is 287 g/mol. The van der Waals surface area contributed by atoms with Gasteiger partial charge in [0.2, 0.25) is 0 Å². The fourth-order valence-electron chi connectivity index (χ4n) is 2.08. The number of nitrogens with one attached hydrogen (secondary N) is 1. The van der Waals surface area contributed by atoms with Crippen molar-refractivity contribution in [3.05, 3.63) is 58.5 Å². The van der Waals surface area contributed by atoms with E-state index in [2.05, 4.69) is 5.32 Å². The molecule has 0 saturated carbocycles. The van der Waals surface area contributed by atoms with Gasteiger partial charge in [0.15, 0.2) is 0 Å². The zero-order valence-electron chi connectivity index (χ0n) is 12.0. The Labute approximate surface area is 122 Å². The minimum atomic E-state index is -0.859. The Morgan fingerprint density at radius 1 is 1.14 bits per heavy atom. The maximum absolute atomic E-state index is 12.0. The van der Waals surface area contributed by atoms with E-state index in [1.54, 1.807) is 32.0 Å². The van der Waals surface area contributed by atoms with Gasteiger partial charge < -0.3 is 14.8 Å². The van der Waals surface area contributed by atoms with Crippen LogP contribution in [0.4, 0.5) is 0 Å². The molecule has 1 aromatic heterocycles. The Kier molecular flexibility index (Phi) is 4.42. The lowest BCUT2D eigenvalue weighted by molar-refractivity contribution is -0.136. The van der Waals surface area contributed by atoms with Gasteiger partial charge in [0.05, 0.1) is 12.0 Å². The molecule has 5 heteroatoms. The van der Waals surface area contributed by atoms with Gasteiger partial charge in [-0.3, -0.25) is 9.59 Å². The number of furan rings is 1. The Hall–Kier alpha value is -2.56. The van der Waals surface area contributed by atoms with Crippen LogP contribution in [0.25, 0.3) is 0 Å². The van der Waals surface area contributed by atoms with Gasteiger partial charge in [-0.15, -0.1) is 0 Å². The summed E-state index contributed by atoms with van der Waals surface area (Å²) in [6.45, 7) is 3.93. The molecule has 0 atom stereocenters. The topological polar surface area (TPSA) is 79.5 Å². The second-order valence-corrected chi connectivity index (χ2v) is 4.90. The van der Waals surface area contributed by atoms with Gasteiger partial charge in [0, 0.05) is 6.54 Å². The summed E-state index contributed by atoms with van der Waals surface area (Å²) < 4.78 is 5.32. The Balaban J connectivity index is 1.95. The van der Waals surface area contributed by atoms with Gasteiger partial charge in [0.1, 0.15) is 11.5 Å². The number of carbonyl (C=O) groups is 2. The van der Waals surface area contributed by atoms with Crippen LogP contribution in [0.2, 0.25) is 0 Å². The number of aliphatic carboxylic acids is 1. The summed E-state index contributed by atoms with van der Waals surface area (Å²) >= 11 is 0. The van der Waals surface area contributed by atoms with E-state index >= 15 is 0 Å². The minimum Gasteiger partial charge on any atom is -0.481 e. The van der Waals surface area contributed by atoms with Gasteiger partial charge >= 0.3 is 5.97 Å². The summed E-state index contributed by atoms with van der Waals surface area (Å²) in [7, 11) is 0. The molecule has 2 rings (SSSR count). The number of carboxylic acids is 1. The highest BCUT2D eigenvalue weighted by Crippen LogP contribution is 2.13. The van der Waals surface area contributed by atoms with Crippen LogP contribution in [-0.4, -0.2) is 17.0 Å². The maximum atomic E-state index is 12.0. The molecule has 1 amide bonds. The second kappa shape index (κ2) is 6.26. The molecule has 1 heterocycles. The molecule has 1 aromatic carbocycles. The molecule has 0 aliphatic heterocycles. The third-order valence-electron chi connectivity index (χ3n) is 3.12. The highest BCUT2D eigenvalue weighted by Gasteiger charge is 2.12. The van der Waals surface area contributed by atoms with Gasteiger partial charge in [-0.05, 0) is 31.0 Å². The van der Waals surface area contributed by atoms with Gasteiger partial charge in [-0.25, -0.2) is 0 Å². The molecule has 0 unspecified atom stereocenters. The van der Waals surface area contributed by atoms with E-state index in [0.29, 0.717) is 23.6 Å². The predicted molar refractivity (Wildman–Crippen MR) is 77.1 cm³/mol. The summed E-state index contributed by atoms with van der Waals surface area (Å²) in [5.41, 5.74) is 2.18. The summed E-state index contributed by atoms with van der Waals surface area (Å²) in [6.07, 6.45) is 0.000129. The third-order valence-corrected chi connectivity index (χ3v) is 3.12. The molecular weight excluding hydrogens is 270 g/mol. The molecule has 2 N–H and O–H groups in total. The third kappa shape index (κ3) is 3.95. The fraction of sp³-hybridized carbons (Fsp3) is 0.250. The second-order valence-electron chi connectivity index (χ2n) is 4.90. The zero-order valence-corrected chi connectivity index (χ0v) is 12.0. The van der Waals surface area contributed by atoms with Crippen molar-refractivity contribution in [3.8, 4) is 0 Å². The first-order valence-electron chi connectivity index (χ1n) is 6.60. The lowest BCUT2D eigenvalue weighted by Crippen LogP contribution is -2.22. The smallest absolute Gasteiger partial charge is 0.307 e. The Morgan fingerprint density at radius 3 is 2.29 bits per heavy atom. The first-order chi connectivity index (χ1) is 9.95. The van der Waals surface area contributed by atoms with Crippen molar-refractivity contribution in [2.75, 3.05) is 0 Å². The molecule has 21 heavy (non-hydrogen) atoms. The van der Waals surface area contributed by atoms with Crippen LogP contribution in [0.3, 0.4) is 0 Å². The molecule has 0 radical (unpaired) electrons. The van der Waals surface area contributed by atoms with Crippen LogP contribution in [0, 0.1) is 13.8 Å². The first kappa shape index (κ1) is 14.8. The van der Waals surface area contributed by atoms with Gasteiger partial charge in [-0.1, -0.05) is 24.3 Å². The molecule has 0 aliphatic carbocycles. The van der Waals surface area contributed by atoms with Crippen molar-refractivity contribution in [2.45, 2.75) is 26.8 Å². The van der Waals surface area contributed by atoms with Crippen molar-refractivity contribution in [3.63, 3.8) is 0 Å². The van der Waals surface area contributed by atoms with Crippen LogP contribution >= 0.6 is 0 Å². The number of carbonyl (C=O) groups excluding carboxylic acids is 1. The van der Waals surface area contributed by atoms with E-state index in [4.69, 9.17) is 9.52 Å². The molecular formula is C16H17NO4. The monoisotopic (exact) mass is 287 g/mol. The fourth-order valence-corrected chi connectivity index (χ4v) is 2.08. The minimum absolute atomic E-state index is 0.000129. The number of hydrogen-bond acceptors (Lipinski definition) is 3. The standard InChI is InChI=1S/C16H17NO4/c1-10-7-14(11(2)21-10)16(20)17-9-13-5-3-12(4-6-13)8-15(18)19/h3-7H,8-9H2,1-2H3,(H,17,20)(H,18,19). The summed E-state index contributed by atoms with van der Waals surface area (Å²) in [6, 6.07) is 8.84. The number of rotatable bonds is 5. The quantitative estimate of drug-likeness (QED) is 0.885. The molecule has 0 bridgehead atoms. The lowest BCUT2D eigenvalue weighted by atomic mass is 10.1. The highest BCUT2D eigenvalue weighted by atomic mass is 16.4. The highest BCUT2D eigenvalue weighted by molar-refractivity contribution is 5.95. The molecule has 0 fully saturated rings. The summed E-state index contributed by atoms with van der Waals surface area (Å²) in [4.78, 5) is 22.6. The van der Waals surface area contributed by atoms with Crippen molar-refractivity contribution >= 4 is 11.9 Å². The first-order valence-corrected chi connectivity index (χ1v) is 6.60. The number of hydrogen-bond donors (Lipinski definition) is 2. The van der Waals surface area contributed by atoms with Gasteiger partial charge in [-0.2, -0.15) is 0 Å². The average Bonchev–Trinajstić information content (AvgIpc) is 2.76. The Morgan fingerprint density at radius 2 is 1.76 bits per heavy atom. The zero-order chi connectivity index (χ0) is 15.4. The van der Waals surface area contributed by atoms with Crippen molar-refractivity contribution < 1.29 is 19.1 Å². The van der Waals surface area contributed by atoms with Crippen LogP contribution in [0.15, 0.2) is 34.7 Å².